The van der Waals surface area contributed by atoms with Gasteiger partial charge in [-0.1, -0.05) is 0 Å². The smallest absolute Gasteiger partial charge is 0.273 e. The van der Waals surface area contributed by atoms with Gasteiger partial charge in [0.15, 0.2) is 0 Å². The molecule has 1 saturated carbocycles. The van der Waals surface area contributed by atoms with Crippen LogP contribution in [0.15, 0.2) is 9.80 Å². The van der Waals surface area contributed by atoms with Gasteiger partial charge in [-0.25, -0.2) is 4.98 Å². The standard InChI is InChI=1S/C15H18N4O2S/c1-9-16-12(8-22-9)15(20)19-6-4-11(5-7-19)14-18-17-13(21-14)10-2-3-10/h8,10-11H,2-7H2,1H3. The lowest BCUT2D eigenvalue weighted by atomic mass is 9.96. The van der Waals surface area contributed by atoms with Crippen molar-refractivity contribution < 1.29 is 9.21 Å². The van der Waals surface area contributed by atoms with Gasteiger partial charge in [-0.3, -0.25) is 4.79 Å². The first-order valence-corrected chi connectivity index (χ1v) is 8.63. The zero-order valence-electron chi connectivity index (χ0n) is 12.5. The fourth-order valence-corrected chi connectivity index (χ4v) is 3.45. The Hall–Kier alpha value is -1.76. The van der Waals surface area contributed by atoms with Crippen molar-refractivity contribution in [3.05, 3.63) is 27.9 Å². The van der Waals surface area contributed by atoms with Crippen LogP contribution < -0.4 is 0 Å². The van der Waals surface area contributed by atoms with E-state index in [1.54, 1.807) is 0 Å². The lowest BCUT2D eigenvalue weighted by Crippen LogP contribution is -2.38. The molecule has 4 rings (SSSR count). The molecule has 0 N–H and O–H groups in total. The molecule has 0 spiro atoms. The molecule has 2 aromatic rings. The van der Waals surface area contributed by atoms with E-state index in [2.05, 4.69) is 15.2 Å². The van der Waals surface area contributed by atoms with E-state index in [4.69, 9.17) is 4.42 Å². The van der Waals surface area contributed by atoms with E-state index in [0.717, 1.165) is 42.7 Å². The summed E-state index contributed by atoms with van der Waals surface area (Å²) in [5.41, 5.74) is 0.565. The Bertz CT molecular complexity index is 683. The SMILES string of the molecule is Cc1nc(C(=O)N2CCC(c3nnc(C4CC4)o3)CC2)cs1. The predicted molar refractivity (Wildman–Crippen MR) is 81.0 cm³/mol. The van der Waals surface area contributed by atoms with Crippen LogP contribution >= 0.6 is 11.3 Å². The first-order chi connectivity index (χ1) is 10.7. The van der Waals surface area contributed by atoms with Gasteiger partial charge < -0.3 is 9.32 Å². The van der Waals surface area contributed by atoms with Gasteiger partial charge in [-0.15, -0.1) is 21.5 Å². The number of rotatable bonds is 3. The van der Waals surface area contributed by atoms with Crippen LogP contribution in [0.3, 0.4) is 0 Å². The van der Waals surface area contributed by atoms with Gasteiger partial charge >= 0.3 is 0 Å². The molecule has 6 nitrogen and oxygen atoms in total. The average Bonchev–Trinajstić information content (AvgIpc) is 3.11. The van der Waals surface area contributed by atoms with Gasteiger partial charge in [-0.05, 0) is 32.6 Å². The number of carbonyl (C=O) groups excluding carboxylic acids is 1. The fourth-order valence-electron chi connectivity index (χ4n) is 2.86. The third-order valence-electron chi connectivity index (χ3n) is 4.35. The van der Waals surface area contributed by atoms with Gasteiger partial charge in [0.05, 0.1) is 5.01 Å². The maximum atomic E-state index is 12.4. The summed E-state index contributed by atoms with van der Waals surface area (Å²) in [5, 5.41) is 11.1. The van der Waals surface area contributed by atoms with E-state index in [9.17, 15) is 4.79 Å². The molecule has 3 heterocycles. The van der Waals surface area contributed by atoms with Crippen molar-refractivity contribution in [2.45, 2.75) is 44.4 Å². The van der Waals surface area contributed by atoms with E-state index in [-0.39, 0.29) is 11.8 Å². The van der Waals surface area contributed by atoms with E-state index in [1.807, 2.05) is 17.2 Å². The largest absolute Gasteiger partial charge is 0.425 e. The third-order valence-corrected chi connectivity index (χ3v) is 5.13. The summed E-state index contributed by atoms with van der Waals surface area (Å²) in [7, 11) is 0. The second-order valence-corrected chi connectivity index (χ2v) is 7.13. The number of hydrogen-bond acceptors (Lipinski definition) is 6. The van der Waals surface area contributed by atoms with Crippen molar-refractivity contribution in [2.24, 2.45) is 0 Å². The number of piperidine rings is 1. The Labute approximate surface area is 132 Å². The lowest BCUT2D eigenvalue weighted by molar-refractivity contribution is 0.0700. The van der Waals surface area contributed by atoms with Crippen LogP contribution in [-0.2, 0) is 0 Å². The maximum absolute atomic E-state index is 12.4. The molecule has 2 aromatic heterocycles. The second-order valence-electron chi connectivity index (χ2n) is 6.07. The minimum atomic E-state index is 0.0343. The van der Waals surface area contributed by atoms with Crippen LogP contribution in [0.4, 0.5) is 0 Å². The molecule has 0 aromatic carbocycles. The van der Waals surface area contributed by atoms with Gasteiger partial charge in [0.1, 0.15) is 5.69 Å². The Morgan fingerprint density at radius 3 is 2.36 bits per heavy atom. The molecule has 0 unspecified atom stereocenters. The average molecular weight is 318 g/mol. The second kappa shape index (κ2) is 5.46. The topological polar surface area (TPSA) is 72.1 Å². The summed E-state index contributed by atoms with van der Waals surface area (Å²) in [6.45, 7) is 3.36. The highest BCUT2D eigenvalue weighted by atomic mass is 32.1. The Morgan fingerprint density at radius 2 is 1.82 bits per heavy atom. The molecule has 2 fully saturated rings. The minimum Gasteiger partial charge on any atom is -0.425 e. The van der Waals surface area contributed by atoms with E-state index < -0.39 is 0 Å². The van der Waals surface area contributed by atoms with Crippen LogP contribution in [-0.4, -0.2) is 39.1 Å². The van der Waals surface area contributed by atoms with E-state index in [0.29, 0.717) is 11.6 Å². The molecule has 1 aliphatic heterocycles. The van der Waals surface area contributed by atoms with Crippen LogP contribution in [0.25, 0.3) is 0 Å². The number of hydrogen-bond donors (Lipinski definition) is 0. The number of thiazole rings is 1. The molecule has 116 valence electrons. The van der Waals surface area contributed by atoms with Crippen molar-refractivity contribution >= 4 is 17.2 Å². The number of amides is 1. The van der Waals surface area contributed by atoms with Crippen molar-refractivity contribution in [2.75, 3.05) is 13.1 Å². The predicted octanol–water partition coefficient (Wildman–Crippen LogP) is 2.73. The van der Waals surface area contributed by atoms with E-state index >= 15 is 0 Å². The summed E-state index contributed by atoms with van der Waals surface area (Å²) in [5.74, 6) is 2.36. The monoisotopic (exact) mass is 318 g/mol. The third kappa shape index (κ3) is 2.65. The molecular weight excluding hydrogens is 300 g/mol. The van der Waals surface area contributed by atoms with Gasteiger partial charge in [0.25, 0.3) is 5.91 Å². The highest BCUT2D eigenvalue weighted by Crippen LogP contribution is 2.40. The van der Waals surface area contributed by atoms with Crippen molar-refractivity contribution in [3.8, 4) is 0 Å². The van der Waals surface area contributed by atoms with E-state index in [1.165, 1.54) is 24.2 Å². The summed E-state index contributed by atoms with van der Waals surface area (Å²) < 4.78 is 5.79. The van der Waals surface area contributed by atoms with Crippen molar-refractivity contribution in [3.63, 3.8) is 0 Å². The summed E-state index contributed by atoms with van der Waals surface area (Å²) >= 11 is 1.51. The van der Waals surface area contributed by atoms with Crippen LogP contribution in [0.1, 0.15) is 64.8 Å². The molecule has 0 bridgehead atoms. The highest BCUT2D eigenvalue weighted by molar-refractivity contribution is 7.09. The first-order valence-electron chi connectivity index (χ1n) is 7.75. The van der Waals surface area contributed by atoms with Crippen molar-refractivity contribution in [1.29, 1.82) is 0 Å². The molecule has 1 aliphatic carbocycles. The normalized spacial score (nSPS) is 19.6. The lowest BCUT2D eigenvalue weighted by Gasteiger charge is -2.29. The zero-order chi connectivity index (χ0) is 15.1. The fraction of sp³-hybridized carbons (Fsp3) is 0.600. The first kappa shape index (κ1) is 13.9. The molecule has 2 aliphatic rings. The Morgan fingerprint density at radius 1 is 1.18 bits per heavy atom. The molecule has 0 radical (unpaired) electrons. The van der Waals surface area contributed by atoms with Crippen molar-refractivity contribution in [1.82, 2.24) is 20.1 Å². The number of nitrogens with zero attached hydrogens (tertiary/aromatic N) is 4. The van der Waals surface area contributed by atoms with Gasteiger partial charge in [-0.2, -0.15) is 0 Å². The summed E-state index contributed by atoms with van der Waals surface area (Å²) in [6.07, 6.45) is 4.09. The van der Waals surface area contributed by atoms with Crippen LogP contribution in [0.5, 0.6) is 0 Å². The molecule has 0 atom stereocenters. The molecule has 1 saturated heterocycles. The molecular formula is C15H18N4O2S. The quantitative estimate of drug-likeness (QED) is 0.870. The summed E-state index contributed by atoms with van der Waals surface area (Å²) in [6, 6.07) is 0. The molecule has 22 heavy (non-hydrogen) atoms. The minimum absolute atomic E-state index is 0.0343. The van der Waals surface area contributed by atoms with Crippen LogP contribution in [0, 0.1) is 6.92 Å². The zero-order valence-corrected chi connectivity index (χ0v) is 13.3. The number of carbonyl (C=O) groups is 1. The number of aryl methyl sites for hydroxylation is 1. The Kier molecular flexibility index (Phi) is 3.44. The van der Waals surface area contributed by atoms with Gasteiger partial charge in [0.2, 0.25) is 11.8 Å². The van der Waals surface area contributed by atoms with Crippen LogP contribution in [0.2, 0.25) is 0 Å². The molecule has 7 heteroatoms. The highest BCUT2D eigenvalue weighted by Gasteiger charge is 2.32. The molecule has 1 amide bonds. The number of likely N-dealkylation sites (tertiary alicyclic amines) is 1. The maximum Gasteiger partial charge on any atom is 0.273 e. The van der Waals surface area contributed by atoms with Gasteiger partial charge in [0, 0.05) is 30.3 Å². The number of aromatic nitrogens is 3. The summed E-state index contributed by atoms with van der Waals surface area (Å²) in [4.78, 5) is 18.5. The Balaban J connectivity index is 1.38.